The maximum Gasteiger partial charge on any atom is 0.416 e. The van der Waals surface area contributed by atoms with Gasteiger partial charge in [0.1, 0.15) is 6.07 Å². The van der Waals surface area contributed by atoms with E-state index in [1.54, 1.807) is 6.07 Å². The molecule has 0 radical (unpaired) electrons. The van der Waals surface area contributed by atoms with Crippen molar-refractivity contribution < 1.29 is 13.2 Å². The maximum atomic E-state index is 12.3. The molecule has 0 N–H and O–H groups in total. The second-order valence-corrected chi connectivity index (χ2v) is 3.07. The first kappa shape index (κ1) is 11.1. The van der Waals surface area contributed by atoms with Gasteiger partial charge in [-0.05, 0) is 34.7 Å². The number of alkyl halides is 3. The Kier molecular flexibility index (Phi) is 2.51. The van der Waals surface area contributed by atoms with E-state index >= 15 is 0 Å². The largest absolute Gasteiger partial charge is 0.416 e. The minimum absolute atomic E-state index is 0.0928. The van der Waals surface area contributed by atoms with Crippen LogP contribution < -0.4 is 0 Å². The van der Waals surface area contributed by atoms with Gasteiger partial charge in [-0.15, -0.1) is 0 Å². The molecular weight excluding hydrogens is 235 g/mol. The molecule has 2 aromatic rings. The molecule has 0 aliphatic carbocycles. The summed E-state index contributed by atoms with van der Waals surface area (Å²) in [5.74, 6) is -0.0928. The Morgan fingerprint density at radius 1 is 1.18 bits per heavy atom. The Morgan fingerprint density at radius 3 is 2.35 bits per heavy atom. The lowest BCUT2D eigenvalue weighted by atomic mass is 10.2. The lowest BCUT2D eigenvalue weighted by Gasteiger charge is -2.07. The zero-order valence-corrected chi connectivity index (χ0v) is 8.18. The van der Waals surface area contributed by atoms with E-state index in [4.69, 9.17) is 5.26 Å². The van der Waals surface area contributed by atoms with Gasteiger partial charge >= 0.3 is 6.18 Å². The SMILES string of the molecule is N#Cc1nnnn1-c1ccc(C(F)(F)F)cc1. The van der Waals surface area contributed by atoms with Crippen LogP contribution in [0.25, 0.3) is 5.69 Å². The summed E-state index contributed by atoms with van der Waals surface area (Å²) in [6.07, 6.45) is -4.39. The Balaban J connectivity index is 2.40. The maximum absolute atomic E-state index is 12.3. The fraction of sp³-hybridized carbons (Fsp3) is 0.111. The van der Waals surface area contributed by atoms with Crippen LogP contribution in [-0.2, 0) is 6.18 Å². The van der Waals surface area contributed by atoms with Crippen LogP contribution in [0.1, 0.15) is 11.4 Å². The first-order valence-corrected chi connectivity index (χ1v) is 4.38. The van der Waals surface area contributed by atoms with Crippen LogP contribution in [0.3, 0.4) is 0 Å². The predicted octanol–water partition coefficient (Wildman–Crippen LogP) is 1.55. The average molecular weight is 239 g/mol. The third-order valence-electron chi connectivity index (χ3n) is 2.01. The molecule has 0 unspecified atom stereocenters. The molecule has 1 aromatic carbocycles. The molecule has 86 valence electrons. The van der Waals surface area contributed by atoms with Crippen LogP contribution in [0.15, 0.2) is 24.3 Å². The second kappa shape index (κ2) is 3.86. The molecule has 0 aliphatic rings. The highest BCUT2D eigenvalue weighted by atomic mass is 19.4. The lowest BCUT2D eigenvalue weighted by molar-refractivity contribution is -0.137. The van der Waals surface area contributed by atoms with Gasteiger partial charge in [0.25, 0.3) is 5.82 Å². The second-order valence-electron chi connectivity index (χ2n) is 3.07. The molecule has 17 heavy (non-hydrogen) atoms. The molecule has 0 aliphatic heterocycles. The first-order valence-electron chi connectivity index (χ1n) is 4.38. The van der Waals surface area contributed by atoms with Gasteiger partial charge in [-0.25, -0.2) is 0 Å². The Labute approximate surface area is 93.1 Å². The number of aromatic nitrogens is 4. The van der Waals surface area contributed by atoms with Crippen molar-refractivity contribution in [3.8, 4) is 11.8 Å². The summed E-state index contributed by atoms with van der Waals surface area (Å²) < 4.78 is 38.0. The summed E-state index contributed by atoms with van der Waals surface area (Å²) >= 11 is 0. The van der Waals surface area contributed by atoms with E-state index in [0.717, 1.165) is 16.8 Å². The van der Waals surface area contributed by atoms with E-state index in [1.165, 1.54) is 12.1 Å². The molecular formula is C9H4F3N5. The summed E-state index contributed by atoms with van der Waals surface area (Å²) in [7, 11) is 0. The normalized spacial score (nSPS) is 11.2. The average Bonchev–Trinajstić information content (AvgIpc) is 2.76. The number of nitriles is 1. The van der Waals surface area contributed by atoms with Crippen LogP contribution >= 0.6 is 0 Å². The van der Waals surface area contributed by atoms with Gasteiger partial charge in [0.2, 0.25) is 0 Å². The Morgan fingerprint density at radius 2 is 1.82 bits per heavy atom. The quantitative estimate of drug-likeness (QED) is 0.757. The summed E-state index contributed by atoms with van der Waals surface area (Å²) in [6, 6.07) is 5.91. The van der Waals surface area contributed by atoms with Crippen LogP contribution in [0.2, 0.25) is 0 Å². The molecule has 8 heteroatoms. The Hall–Kier alpha value is -2.43. The fourth-order valence-electron chi connectivity index (χ4n) is 1.22. The van der Waals surface area contributed by atoms with Crippen LogP contribution in [0.4, 0.5) is 13.2 Å². The Bertz CT molecular complexity index is 564. The third-order valence-corrected chi connectivity index (χ3v) is 2.01. The summed E-state index contributed by atoms with van der Waals surface area (Å²) in [5, 5.41) is 18.8. The lowest BCUT2D eigenvalue weighted by Crippen LogP contribution is -2.06. The molecule has 1 aromatic heterocycles. The van der Waals surface area contributed by atoms with Gasteiger partial charge in [0.15, 0.2) is 0 Å². The van der Waals surface area contributed by atoms with Crippen molar-refractivity contribution in [1.82, 2.24) is 20.2 Å². The minimum Gasteiger partial charge on any atom is -0.189 e. The molecule has 0 amide bonds. The number of tetrazole rings is 1. The van der Waals surface area contributed by atoms with Gasteiger partial charge in [0, 0.05) is 0 Å². The van der Waals surface area contributed by atoms with Crippen molar-refractivity contribution in [3.05, 3.63) is 35.7 Å². The number of hydrogen-bond donors (Lipinski definition) is 0. The van der Waals surface area contributed by atoms with Crippen LogP contribution in [-0.4, -0.2) is 20.2 Å². The molecule has 2 rings (SSSR count). The molecule has 0 spiro atoms. The van der Waals surface area contributed by atoms with Gasteiger partial charge < -0.3 is 0 Å². The number of nitrogens with zero attached hydrogens (tertiary/aromatic N) is 5. The summed E-state index contributed by atoms with van der Waals surface area (Å²) in [6.45, 7) is 0. The molecule has 0 bridgehead atoms. The van der Waals surface area contributed by atoms with Crippen molar-refractivity contribution in [2.24, 2.45) is 0 Å². The predicted molar refractivity (Wildman–Crippen MR) is 48.9 cm³/mol. The first-order chi connectivity index (χ1) is 8.02. The van der Waals surface area contributed by atoms with Gasteiger partial charge in [-0.2, -0.15) is 23.1 Å². The summed E-state index contributed by atoms with van der Waals surface area (Å²) in [4.78, 5) is 0. The van der Waals surface area contributed by atoms with Crippen molar-refractivity contribution in [2.45, 2.75) is 6.18 Å². The van der Waals surface area contributed by atoms with E-state index in [2.05, 4.69) is 15.5 Å². The molecule has 5 nitrogen and oxygen atoms in total. The molecule has 0 fully saturated rings. The van der Waals surface area contributed by atoms with Crippen molar-refractivity contribution in [1.29, 1.82) is 5.26 Å². The molecule has 0 saturated carbocycles. The van der Waals surface area contributed by atoms with Gasteiger partial charge in [-0.1, -0.05) is 5.10 Å². The van der Waals surface area contributed by atoms with Crippen LogP contribution in [0, 0.1) is 11.3 Å². The zero-order valence-electron chi connectivity index (χ0n) is 8.18. The van der Waals surface area contributed by atoms with E-state index in [1.807, 2.05) is 0 Å². The zero-order chi connectivity index (χ0) is 12.5. The number of halogens is 3. The topological polar surface area (TPSA) is 67.4 Å². The highest BCUT2D eigenvalue weighted by molar-refractivity contribution is 5.36. The standard InChI is InChI=1S/C9H4F3N5/c10-9(11,12)6-1-3-7(4-2-6)17-8(5-13)14-15-16-17/h1-4H. The van der Waals surface area contributed by atoms with Crippen LogP contribution in [0.5, 0.6) is 0 Å². The third kappa shape index (κ3) is 2.08. The monoisotopic (exact) mass is 239 g/mol. The van der Waals surface area contributed by atoms with E-state index in [-0.39, 0.29) is 5.82 Å². The summed E-state index contributed by atoms with van der Waals surface area (Å²) in [5.41, 5.74) is -0.479. The number of benzene rings is 1. The van der Waals surface area contributed by atoms with Crippen molar-refractivity contribution in [3.63, 3.8) is 0 Å². The molecule has 0 saturated heterocycles. The number of rotatable bonds is 1. The highest BCUT2D eigenvalue weighted by Crippen LogP contribution is 2.29. The fourth-order valence-corrected chi connectivity index (χ4v) is 1.22. The van der Waals surface area contributed by atoms with E-state index in [0.29, 0.717) is 5.69 Å². The van der Waals surface area contributed by atoms with Gasteiger partial charge in [0.05, 0.1) is 11.3 Å². The highest BCUT2D eigenvalue weighted by Gasteiger charge is 2.30. The minimum atomic E-state index is -4.39. The van der Waals surface area contributed by atoms with Crippen molar-refractivity contribution >= 4 is 0 Å². The number of hydrogen-bond acceptors (Lipinski definition) is 4. The van der Waals surface area contributed by atoms with E-state index < -0.39 is 11.7 Å². The molecule has 0 atom stereocenters. The smallest absolute Gasteiger partial charge is 0.189 e. The van der Waals surface area contributed by atoms with Crippen molar-refractivity contribution in [2.75, 3.05) is 0 Å². The van der Waals surface area contributed by atoms with E-state index in [9.17, 15) is 13.2 Å². The van der Waals surface area contributed by atoms with Gasteiger partial charge in [-0.3, -0.25) is 0 Å². The molecule has 1 heterocycles.